The molecule has 4 heterocycles. The van der Waals surface area contributed by atoms with Gasteiger partial charge in [-0.05, 0) is 50.5 Å². The predicted molar refractivity (Wildman–Crippen MR) is 106 cm³/mol. The highest BCUT2D eigenvalue weighted by Gasteiger charge is 2.42. The SMILES string of the molecule is Cc1nc(N2CCC(N[C@@H]3COC4(CCCC4)C3)CC2)c2ccsc2n1. The Morgan fingerprint density at radius 2 is 2.00 bits per heavy atom. The van der Waals surface area contributed by atoms with Crippen molar-refractivity contribution in [1.82, 2.24) is 15.3 Å². The minimum atomic E-state index is 0.224. The van der Waals surface area contributed by atoms with E-state index in [4.69, 9.17) is 9.72 Å². The summed E-state index contributed by atoms with van der Waals surface area (Å²) in [6.45, 7) is 5.03. The Labute approximate surface area is 159 Å². The minimum Gasteiger partial charge on any atom is -0.373 e. The second kappa shape index (κ2) is 6.73. The van der Waals surface area contributed by atoms with Crippen LogP contribution in [0.15, 0.2) is 11.4 Å². The number of aryl methyl sites for hydroxylation is 1. The zero-order valence-corrected chi connectivity index (χ0v) is 16.4. The van der Waals surface area contributed by atoms with Gasteiger partial charge in [0.1, 0.15) is 16.5 Å². The molecule has 0 aromatic carbocycles. The first-order valence-corrected chi connectivity index (χ1v) is 11.0. The number of thiophene rings is 1. The third kappa shape index (κ3) is 3.12. The van der Waals surface area contributed by atoms with Crippen LogP contribution in [0.2, 0.25) is 0 Å². The zero-order chi connectivity index (χ0) is 17.6. The molecule has 1 atom stereocenters. The summed E-state index contributed by atoms with van der Waals surface area (Å²) in [7, 11) is 0. The van der Waals surface area contributed by atoms with Gasteiger partial charge in [-0.15, -0.1) is 11.3 Å². The van der Waals surface area contributed by atoms with Crippen molar-refractivity contribution >= 4 is 27.4 Å². The van der Waals surface area contributed by atoms with Gasteiger partial charge in [0, 0.05) is 25.2 Å². The molecular weight excluding hydrogens is 344 g/mol. The van der Waals surface area contributed by atoms with Gasteiger partial charge in [-0.3, -0.25) is 0 Å². The van der Waals surface area contributed by atoms with Crippen molar-refractivity contribution in [2.24, 2.45) is 0 Å². The van der Waals surface area contributed by atoms with Crippen molar-refractivity contribution in [2.75, 3.05) is 24.6 Å². The monoisotopic (exact) mass is 372 g/mol. The number of fused-ring (bicyclic) bond motifs is 1. The summed E-state index contributed by atoms with van der Waals surface area (Å²) in [5, 5.41) is 7.23. The van der Waals surface area contributed by atoms with Gasteiger partial charge in [0.15, 0.2) is 0 Å². The van der Waals surface area contributed by atoms with E-state index in [0.717, 1.165) is 36.2 Å². The number of nitrogens with one attached hydrogen (secondary N) is 1. The van der Waals surface area contributed by atoms with Gasteiger partial charge < -0.3 is 15.0 Å². The molecule has 1 spiro atoms. The molecule has 3 fully saturated rings. The van der Waals surface area contributed by atoms with Gasteiger partial charge in [-0.25, -0.2) is 9.97 Å². The second-order valence-electron chi connectivity index (χ2n) is 8.26. The number of piperidine rings is 1. The Morgan fingerprint density at radius 1 is 1.19 bits per heavy atom. The van der Waals surface area contributed by atoms with E-state index in [1.807, 2.05) is 6.92 Å². The van der Waals surface area contributed by atoms with Crippen molar-refractivity contribution in [3.63, 3.8) is 0 Å². The van der Waals surface area contributed by atoms with Crippen LogP contribution < -0.4 is 10.2 Å². The van der Waals surface area contributed by atoms with Crippen molar-refractivity contribution < 1.29 is 4.74 Å². The number of nitrogens with zero attached hydrogens (tertiary/aromatic N) is 3. The number of hydrogen-bond acceptors (Lipinski definition) is 6. The first kappa shape index (κ1) is 16.9. The van der Waals surface area contributed by atoms with Crippen molar-refractivity contribution in [1.29, 1.82) is 0 Å². The number of ether oxygens (including phenoxy) is 1. The van der Waals surface area contributed by atoms with Crippen LogP contribution in [0.25, 0.3) is 10.2 Å². The van der Waals surface area contributed by atoms with E-state index in [9.17, 15) is 0 Å². The van der Waals surface area contributed by atoms with Crippen LogP contribution in [-0.2, 0) is 4.74 Å². The Balaban J connectivity index is 1.21. The van der Waals surface area contributed by atoms with E-state index in [-0.39, 0.29) is 5.60 Å². The maximum atomic E-state index is 6.21. The predicted octanol–water partition coefficient (Wildman–Crippen LogP) is 3.66. The smallest absolute Gasteiger partial charge is 0.141 e. The van der Waals surface area contributed by atoms with E-state index in [0.29, 0.717) is 12.1 Å². The molecule has 5 rings (SSSR count). The number of rotatable bonds is 3. The summed E-state index contributed by atoms with van der Waals surface area (Å²) in [6, 6.07) is 3.32. The lowest BCUT2D eigenvalue weighted by Gasteiger charge is -2.35. The van der Waals surface area contributed by atoms with Gasteiger partial charge in [-0.1, -0.05) is 12.8 Å². The molecule has 0 radical (unpaired) electrons. The molecule has 2 aromatic rings. The van der Waals surface area contributed by atoms with E-state index in [2.05, 4.69) is 26.6 Å². The molecule has 140 valence electrons. The molecular formula is C20H28N4OS. The fourth-order valence-corrected chi connectivity index (χ4v) is 5.90. The molecule has 1 N–H and O–H groups in total. The van der Waals surface area contributed by atoms with Crippen molar-refractivity contribution in [2.45, 2.75) is 69.6 Å². The minimum absolute atomic E-state index is 0.224. The molecule has 6 heteroatoms. The molecule has 26 heavy (non-hydrogen) atoms. The standard InChI is InChI=1S/C20H28N4OS/c1-14-21-18(17-6-11-26-19(17)22-14)24-9-4-15(5-10-24)23-16-12-20(25-13-16)7-2-3-8-20/h6,11,15-16,23H,2-5,7-10,12-13H2,1H3/t16-/m0/s1. The Hall–Kier alpha value is -1.24. The largest absolute Gasteiger partial charge is 0.373 e. The highest BCUT2D eigenvalue weighted by molar-refractivity contribution is 7.16. The molecule has 2 aromatic heterocycles. The first-order chi connectivity index (χ1) is 12.7. The summed E-state index contributed by atoms with van der Waals surface area (Å²) in [5.74, 6) is 2.00. The number of hydrogen-bond donors (Lipinski definition) is 1. The number of aromatic nitrogens is 2. The maximum absolute atomic E-state index is 6.21. The molecule has 0 unspecified atom stereocenters. The molecule has 2 aliphatic heterocycles. The highest BCUT2D eigenvalue weighted by Crippen LogP contribution is 2.41. The Bertz CT molecular complexity index is 777. The number of anilines is 1. The average Bonchev–Trinajstić information content (AvgIpc) is 3.37. The summed E-state index contributed by atoms with van der Waals surface area (Å²) in [4.78, 5) is 12.9. The van der Waals surface area contributed by atoms with Crippen LogP contribution >= 0.6 is 11.3 Å². The summed E-state index contributed by atoms with van der Waals surface area (Å²) < 4.78 is 6.21. The fraction of sp³-hybridized carbons (Fsp3) is 0.700. The Kier molecular flexibility index (Phi) is 4.38. The third-order valence-electron chi connectivity index (χ3n) is 6.41. The van der Waals surface area contributed by atoms with Gasteiger partial charge in [0.05, 0.1) is 17.6 Å². The van der Waals surface area contributed by atoms with E-state index >= 15 is 0 Å². The van der Waals surface area contributed by atoms with Gasteiger partial charge in [0.2, 0.25) is 0 Å². The lowest BCUT2D eigenvalue weighted by molar-refractivity contribution is 0.00978. The fourth-order valence-electron chi connectivity index (χ4n) is 5.09. The van der Waals surface area contributed by atoms with Crippen LogP contribution in [0.5, 0.6) is 0 Å². The Morgan fingerprint density at radius 3 is 2.81 bits per heavy atom. The molecule has 1 saturated carbocycles. The molecule has 0 amide bonds. The molecule has 2 saturated heterocycles. The normalized spacial score (nSPS) is 26.3. The van der Waals surface area contributed by atoms with Gasteiger partial charge >= 0.3 is 0 Å². The zero-order valence-electron chi connectivity index (χ0n) is 15.5. The molecule has 5 nitrogen and oxygen atoms in total. The van der Waals surface area contributed by atoms with Crippen molar-refractivity contribution in [3.05, 3.63) is 17.3 Å². The van der Waals surface area contributed by atoms with E-state index < -0.39 is 0 Å². The van der Waals surface area contributed by atoms with Crippen LogP contribution in [0.4, 0.5) is 5.82 Å². The van der Waals surface area contributed by atoms with Crippen LogP contribution in [-0.4, -0.2) is 47.3 Å². The van der Waals surface area contributed by atoms with Gasteiger partial charge in [-0.2, -0.15) is 0 Å². The van der Waals surface area contributed by atoms with E-state index in [1.54, 1.807) is 11.3 Å². The molecule has 0 bridgehead atoms. The maximum Gasteiger partial charge on any atom is 0.141 e. The van der Waals surface area contributed by atoms with E-state index in [1.165, 1.54) is 50.3 Å². The molecule has 1 aliphatic carbocycles. The van der Waals surface area contributed by atoms with Crippen LogP contribution in [0, 0.1) is 6.92 Å². The van der Waals surface area contributed by atoms with Gasteiger partial charge in [0.25, 0.3) is 0 Å². The van der Waals surface area contributed by atoms with Crippen LogP contribution in [0.3, 0.4) is 0 Å². The van der Waals surface area contributed by atoms with Crippen molar-refractivity contribution in [3.8, 4) is 0 Å². The summed E-state index contributed by atoms with van der Waals surface area (Å²) >= 11 is 1.71. The lowest BCUT2D eigenvalue weighted by Crippen LogP contribution is -2.47. The summed E-state index contributed by atoms with van der Waals surface area (Å²) in [5.41, 5.74) is 0.224. The molecule has 3 aliphatic rings. The second-order valence-corrected chi connectivity index (χ2v) is 9.16. The average molecular weight is 373 g/mol. The first-order valence-electron chi connectivity index (χ1n) is 10.1. The summed E-state index contributed by atoms with van der Waals surface area (Å²) in [6.07, 6.45) is 8.81. The third-order valence-corrected chi connectivity index (χ3v) is 7.21. The lowest BCUT2D eigenvalue weighted by atomic mass is 9.95. The highest BCUT2D eigenvalue weighted by atomic mass is 32.1. The van der Waals surface area contributed by atoms with Crippen LogP contribution in [0.1, 0.15) is 50.8 Å². The topological polar surface area (TPSA) is 50.3 Å². The quantitative estimate of drug-likeness (QED) is 0.891.